The van der Waals surface area contributed by atoms with Gasteiger partial charge < -0.3 is 0 Å². The van der Waals surface area contributed by atoms with Crippen LogP contribution in [0.3, 0.4) is 0 Å². The zero-order valence-electron chi connectivity index (χ0n) is 8.29. The number of hydrogen-bond acceptors (Lipinski definition) is 2. The Morgan fingerprint density at radius 3 is 3.21 bits per heavy atom. The average Bonchev–Trinajstić information content (AvgIpc) is 2.85. The van der Waals surface area contributed by atoms with Crippen molar-refractivity contribution in [1.82, 2.24) is 4.90 Å². The Labute approximate surface area is 98.2 Å². The van der Waals surface area contributed by atoms with Crippen molar-refractivity contribution in [2.45, 2.75) is 25.3 Å². The van der Waals surface area contributed by atoms with Crippen LogP contribution in [0, 0.1) is 0 Å². The average molecular weight is 274 g/mol. The van der Waals surface area contributed by atoms with Crippen molar-refractivity contribution in [3.8, 4) is 0 Å². The van der Waals surface area contributed by atoms with E-state index in [-0.39, 0.29) is 0 Å². The van der Waals surface area contributed by atoms with Gasteiger partial charge in [0.15, 0.2) is 0 Å². The van der Waals surface area contributed by atoms with Crippen LogP contribution in [0.5, 0.6) is 0 Å². The SMILES string of the molecule is BrCC1CCCN1CCc1ccsc1. The maximum absolute atomic E-state index is 3.60. The molecule has 2 heterocycles. The second kappa shape index (κ2) is 5.29. The minimum atomic E-state index is 0.786. The van der Waals surface area contributed by atoms with E-state index in [4.69, 9.17) is 0 Å². The fourth-order valence-electron chi connectivity index (χ4n) is 2.07. The molecule has 1 saturated heterocycles. The Bertz CT molecular complexity index is 260. The maximum atomic E-state index is 3.60. The molecular formula is C11H16BrNS. The molecule has 1 fully saturated rings. The van der Waals surface area contributed by atoms with Gasteiger partial charge in [-0.25, -0.2) is 0 Å². The quantitative estimate of drug-likeness (QED) is 0.762. The Morgan fingerprint density at radius 1 is 1.57 bits per heavy atom. The summed E-state index contributed by atoms with van der Waals surface area (Å²) in [5.41, 5.74) is 1.50. The van der Waals surface area contributed by atoms with E-state index in [2.05, 4.69) is 37.7 Å². The van der Waals surface area contributed by atoms with Crippen LogP contribution < -0.4 is 0 Å². The highest BCUT2D eigenvalue weighted by Crippen LogP contribution is 2.19. The largest absolute Gasteiger partial charge is 0.299 e. The second-order valence-corrected chi connectivity index (χ2v) is 5.30. The lowest BCUT2D eigenvalue weighted by atomic mass is 10.2. The molecular weight excluding hydrogens is 258 g/mol. The van der Waals surface area contributed by atoms with Crippen molar-refractivity contribution in [3.63, 3.8) is 0 Å². The van der Waals surface area contributed by atoms with E-state index in [0.717, 1.165) is 11.4 Å². The van der Waals surface area contributed by atoms with E-state index >= 15 is 0 Å². The predicted octanol–water partition coefficient (Wildman–Crippen LogP) is 3.15. The van der Waals surface area contributed by atoms with Crippen LogP contribution in [0.2, 0.25) is 0 Å². The summed E-state index contributed by atoms with van der Waals surface area (Å²) in [6, 6.07) is 3.03. The molecule has 2 rings (SSSR count). The molecule has 3 heteroatoms. The molecule has 0 amide bonds. The van der Waals surface area contributed by atoms with Crippen molar-refractivity contribution < 1.29 is 0 Å². The first-order valence-electron chi connectivity index (χ1n) is 5.21. The van der Waals surface area contributed by atoms with Gasteiger partial charge in [-0.2, -0.15) is 11.3 Å². The molecule has 1 aromatic heterocycles. The van der Waals surface area contributed by atoms with Gasteiger partial charge in [-0.15, -0.1) is 0 Å². The highest BCUT2D eigenvalue weighted by Gasteiger charge is 2.22. The van der Waals surface area contributed by atoms with Crippen LogP contribution in [0.1, 0.15) is 18.4 Å². The molecule has 1 atom stereocenters. The molecule has 0 N–H and O–H groups in total. The van der Waals surface area contributed by atoms with Gasteiger partial charge in [-0.1, -0.05) is 15.9 Å². The number of likely N-dealkylation sites (tertiary alicyclic amines) is 1. The first-order chi connectivity index (χ1) is 6.90. The van der Waals surface area contributed by atoms with E-state index in [1.807, 2.05) is 0 Å². The summed E-state index contributed by atoms with van der Waals surface area (Å²) in [6.45, 7) is 2.52. The van der Waals surface area contributed by atoms with Gasteiger partial charge in [-0.05, 0) is 48.2 Å². The van der Waals surface area contributed by atoms with E-state index in [1.165, 1.54) is 37.9 Å². The van der Waals surface area contributed by atoms with Gasteiger partial charge >= 0.3 is 0 Å². The fraction of sp³-hybridized carbons (Fsp3) is 0.636. The molecule has 1 aliphatic heterocycles. The van der Waals surface area contributed by atoms with Crippen molar-refractivity contribution in [2.24, 2.45) is 0 Å². The molecule has 78 valence electrons. The van der Waals surface area contributed by atoms with Crippen LogP contribution >= 0.6 is 27.3 Å². The molecule has 0 radical (unpaired) electrons. The zero-order valence-corrected chi connectivity index (χ0v) is 10.7. The zero-order chi connectivity index (χ0) is 9.80. The maximum Gasteiger partial charge on any atom is 0.0193 e. The summed E-state index contributed by atoms with van der Waals surface area (Å²) < 4.78 is 0. The smallest absolute Gasteiger partial charge is 0.0193 e. The second-order valence-electron chi connectivity index (χ2n) is 3.87. The molecule has 0 aromatic carbocycles. The lowest BCUT2D eigenvalue weighted by Gasteiger charge is -2.22. The first kappa shape index (κ1) is 10.7. The molecule has 1 aliphatic rings. The molecule has 1 aromatic rings. The highest BCUT2D eigenvalue weighted by molar-refractivity contribution is 9.09. The normalized spacial score (nSPS) is 23.1. The third-order valence-electron chi connectivity index (χ3n) is 2.94. The number of nitrogens with zero attached hydrogens (tertiary/aromatic N) is 1. The summed E-state index contributed by atoms with van der Waals surface area (Å²) in [5.74, 6) is 0. The van der Waals surface area contributed by atoms with Gasteiger partial charge in [0.25, 0.3) is 0 Å². The van der Waals surface area contributed by atoms with Gasteiger partial charge in [0.05, 0.1) is 0 Å². The Kier molecular flexibility index (Phi) is 4.02. The molecule has 0 aliphatic carbocycles. The van der Waals surface area contributed by atoms with E-state index in [0.29, 0.717) is 0 Å². The lowest BCUT2D eigenvalue weighted by Crippen LogP contribution is -2.32. The number of hydrogen-bond donors (Lipinski definition) is 0. The summed E-state index contributed by atoms with van der Waals surface area (Å²) in [7, 11) is 0. The van der Waals surface area contributed by atoms with Crippen LogP contribution in [0.15, 0.2) is 16.8 Å². The van der Waals surface area contributed by atoms with Crippen LogP contribution in [-0.4, -0.2) is 29.4 Å². The topological polar surface area (TPSA) is 3.24 Å². The molecule has 14 heavy (non-hydrogen) atoms. The number of alkyl halides is 1. The fourth-order valence-corrected chi connectivity index (χ4v) is 3.51. The number of thiophene rings is 1. The number of rotatable bonds is 4. The Balaban J connectivity index is 1.80. The van der Waals surface area contributed by atoms with E-state index < -0.39 is 0 Å². The van der Waals surface area contributed by atoms with Crippen molar-refractivity contribution in [3.05, 3.63) is 22.4 Å². The van der Waals surface area contributed by atoms with Crippen molar-refractivity contribution >= 4 is 27.3 Å². The minimum Gasteiger partial charge on any atom is -0.299 e. The molecule has 1 nitrogen and oxygen atoms in total. The highest BCUT2D eigenvalue weighted by atomic mass is 79.9. The predicted molar refractivity (Wildman–Crippen MR) is 66.4 cm³/mol. The monoisotopic (exact) mass is 273 g/mol. The summed E-state index contributed by atoms with van der Waals surface area (Å²) in [4.78, 5) is 2.62. The molecule has 0 saturated carbocycles. The Morgan fingerprint density at radius 2 is 2.50 bits per heavy atom. The van der Waals surface area contributed by atoms with Crippen molar-refractivity contribution in [1.29, 1.82) is 0 Å². The van der Waals surface area contributed by atoms with Crippen LogP contribution in [0.4, 0.5) is 0 Å². The molecule has 0 bridgehead atoms. The summed E-state index contributed by atoms with van der Waals surface area (Å²) in [6.07, 6.45) is 3.96. The van der Waals surface area contributed by atoms with Crippen LogP contribution in [-0.2, 0) is 6.42 Å². The minimum absolute atomic E-state index is 0.786. The van der Waals surface area contributed by atoms with Crippen molar-refractivity contribution in [2.75, 3.05) is 18.4 Å². The standard InChI is InChI=1S/C11H16BrNS/c12-8-11-2-1-5-13(11)6-3-10-4-7-14-9-10/h4,7,9,11H,1-3,5-6,8H2. The molecule has 0 spiro atoms. The van der Waals surface area contributed by atoms with Gasteiger partial charge in [0.2, 0.25) is 0 Å². The number of halogens is 1. The Hall–Kier alpha value is 0.140. The van der Waals surface area contributed by atoms with Gasteiger partial charge in [0.1, 0.15) is 0 Å². The third-order valence-corrected chi connectivity index (χ3v) is 4.42. The third kappa shape index (κ3) is 2.59. The van der Waals surface area contributed by atoms with E-state index in [9.17, 15) is 0 Å². The summed E-state index contributed by atoms with van der Waals surface area (Å²) >= 11 is 5.40. The first-order valence-corrected chi connectivity index (χ1v) is 7.27. The molecule has 1 unspecified atom stereocenters. The summed E-state index contributed by atoms with van der Waals surface area (Å²) in [5, 5.41) is 5.57. The lowest BCUT2D eigenvalue weighted by molar-refractivity contribution is 0.277. The van der Waals surface area contributed by atoms with Gasteiger partial charge in [-0.3, -0.25) is 4.90 Å². The van der Waals surface area contributed by atoms with E-state index in [1.54, 1.807) is 11.3 Å². The van der Waals surface area contributed by atoms with Gasteiger partial charge in [0, 0.05) is 17.9 Å². The van der Waals surface area contributed by atoms with Crippen LogP contribution in [0.25, 0.3) is 0 Å².